The Bertz CT molecular complexity index is 2640. The Morgan fingerprint density at radius 3 is 2.38 bits per heavy atom. The molecule has 3 fully saturated rings. The van der Waals surface area contributed by atoms with Crippen molar-refractivity contribution in [3.05, 3.63) is 112 Å². The molecule has 5 N–H and O–H groups in total. The summed E-state index contributed by atoms with van der Waals surface area (Å²) in [6, 6.07) is 19.2. The quantitative estimate of drug-likeness (QED) is 0.0541. The largest absolute Gasteiger partial charge is 0.384 e. The number of anilines is 4. The number of carbonyl (C=O) groups is 5. The van der Waals surface area contributed by atoms with Crippen LogP contribution >= 0.6 is 0 Å². The minimum absolute atomic E-state index is 0.0747. The molecule has 0 spiro atoms. The number of nitrogens with zero attached hydrogens (tertiary/aromatic N) is 4. The molecule has 5 amide bonds. The minimum atomic E-state index is -0.998. The number of hydrogen-bond acceptors (Lipinski definition) is 11. The van der Waals surface area contributed by atoms with Gasteiger partial charge in [-0.3, -0.25) is 44.2 Å². The summed E-state index contributed by atoms with van der Waals surface area (Å²) in [6.45, 7) is 6.44. The molecule has 0 aliphatic carbocycles. The molecule has 4 aliphatic heterocycles. The second-order valence-electron chi connectivity index (χ2n) is 17.5. The zero-order valence-corrected chi connectivity index (χ0v) is 36.6. The highest BCUT2D eigenvalue weighted by molar-refractivity contribution is 6.25. The monoisotopic (exact) mass is 901 g/mol. The summed E-state index contributed by atoms with van der Waals surface area (Å²) in [4.78, 5) is 70.5. The summed E-state index contributed by atoms with van der Waals surface area (Å²) in [7, 11) is 0. The number of nitrogens with one attached hydrogen (secondary N) is 5. The van der Waals surface area contributed by atoms with E-state index in [2.05, 4.69) is 47.3 Å². The molecular formula is C49H53F2N9O6. The maximum absolute atomic E-state index is 14.0. The average molecular weight is 902 g/mol. The van der Waals surface area contributed by atoms with E-state index >= 15 is 0 Å². The van der Waals surface area contributed by atoms with Crippen LogP contribution in [0.5, 0.6) is 0 Å². The molecule has 17 heteroatoms. The Kier molecular flexibility index (Phi) is 13.3. The number of H-pyrrole nitrogens is 1. The summed E-state index contributed by atoms with van der Waals surface area (Å²) in [5.74, 6) is -3.27. The third-order valence-electron chi connectivity index (χ3n) is 12.9. The van der Waals surface area contributed by atoms with Gasteiger partial charge in [0.25, 0.3) is 17.7 Å². The number of benzene rings is 4. The second kappa shape index (κ2) is 19.8. The van der Waals surface area contributed by atoms with E-state index in [1.54, 1.807) is 18.2 Å². The molecular weight excluding hydrogens is 849 g/mol. The lowest BCUT2D eigenvalue weighted by Gasteiger charge is -2.36. The van der Waals surface area contributed by atoms with Crippen LogP contribution in [0.25, 0.3) is 10.9 Å². The van der Waals surface area contributed by atoms with Crippen LogP contribution in [-0.2, 0) is 20.7 Å². The average Bonchev–Trinajstić information content (AvgIpc) is 3.82. The van der Waals surface area contributed by atoms with Gasteiger partial charge in [-0.25, -0.2) is 8.78 Å². The third kappa shape index (κ3) is 9.91. The molecule has 5 heterocycles. The van der Waals surface area contributed by atoms with Gasteiger partial charge in [0.05, 0.1) is 22.2 Å². The fraction of sp³-hybridized carbons (Fsp3) is 0.388. The van der Waals surface area contributed by atoms with Crippen molar-refractivity contribution in [3.8, 4) is 0 Å². The molecule has 9 rings (SSSR count). The van der Waals surface area contributed by atoms with Crippen LogP contribution < -0.4 is 26.2 Å². The zero-order chi connectivity index (χ0) is 45.7. The van der Waals surface area contributed by atoms with E-state index < -0.39 is 41.3 Å². The number of unbranched alkanes of at least 4 members (excludes halogenated alkanes) is 3. The van der Waals surface area contributed by atoms with Gasteiger partial charge in [0.1, 0.15) is 17.7 Å². The van der Waals surface area contributed by atoms with Gasteiger partial charge in [0.2, 0.25) is 11.8 Å². The Balaban J connectivity index is 0.758. The molecule has 0 bridgehead atoms. The fourth-order valence-corrected chi connectivity index (χ4v) is 9.43. The maximum atomic E-state index is 14.0. The molecule has 4 aromatic carbocycles. The normalized spacial score (nSPS) is 18.2. The fourth-order valence-electron chi connectivity index (χ4n) is 9.43. The Labute approximate surface area is 380 Å². The van der Waals surface area contributed by atoms with Gasteiger partial charge in [0, 0.05) is 86.9 Å². The van der Waals surface area contributed by atoms with Crippen LogP contribution in [0.1, 0.15) is 93.6 Å². The van der Waals surface area contributed by atoms with Crippen molar-refractivity contribution in [2.45, 2.75) is 69.9 Å². The topological polar surface area (TPSA) is 181 Å². The first kappa shape index (κ1) is 44.5. The number of piperidine rings is 1. The predicted octanol–water partition coefficient (Wildman–Crippen LogP) is 6.47. The Morgan fingerprint density at radius 2 is 1.59 bits per heavy atom. The molecule has 0 radical (unpaired) electrons. The van der Waals surface area contributed by atoms with Gasteiger partial charge < -0.3 is 25.6 Å². The van der Waals surface area contributed by atoms with Gasteiger partial charge in [-0.1, -0.05) is 25.0 Å². The highest BCUT2D eigenvalue weighted by atomic mass is 19.1. The number of aromatic amines is 1. The van der Waals surface area contributed by atoms with Crippen LogP contribution in [0.2, 0.25) is 0 Å². The summed E-state index contributed by atoms with van der Waals surface area (Å²) in [5.41, 5.74) is 5.42. The van der Waals surface area contributed by atoms with Crippen molar-refractivity contribution in [3.63, 3.8) is 0 Å². The number of fused-ring (bicyclic) bond motifs is 2. The number of ether oxygens (including phenoxy) is 1. The number of rotatable bonds is 16. The van der Waals surface area contributed by atoms with Crippen LogP contribution in [0.4, 0.5) is 31.7 Å². The highest BCUT2D eigenvalue weighted by Gasteiger charge is 2.45. The van der Waals surface area contributed by atoms with Crippen molar-refractivity contribution in [1.29, 1.82) is 0 Å². The van der Waals surface area contributed by atoms with Gasteiger partial charge in [-0.2, -0.15) is 5.10 Å². The lowest BCUT2D eigenvalue weighted by molar-refractivity contribution is -0.136. The first-order valence-corrected chi connectivity index (χ1v) is 22.9. The van der Waals surface area contributed by atoms with Gasteiger partial charge >= 0.3 is 0 Å². The SMILES string of the molecule is O=C1CCC(N2C(=O)c3cccc(NCCCCCCN4CCN(c5ccc(C(=O)Nc6n[nH]c7ccc(Cc8cc(F)cc(F)c8)cc67)c(NC6CCOCC6)c5)CC4)c3C2=O)C(=O)N1. The second-order valence-corrected chi connectivity index (χ2v) is 17.5. The third-order valence-corrected chi connectivity index (χ3v) is 12.9. The van der Waals surface area contributed by atoms with E-state index in [0.29, 0.717) is 54.2 Å². The smallest absolute Gasteiger partial charge is 0.264 e. The summed E-state index contributed by atoms with van der Waals surface area (Å²) in [6.07, 6.45) is 6.13. The maximum Gasteiger partial charge on any atom is 0.264 e. The molecule has 3 saturated heterocycles. The van der Waals surface area contributed by atoms with E-state index in [-0.39, 0.29) is 35.9 Å². The molecule has 15 nitrogen and oxygen atoms in total. The number of hydrogen-bond donors (Lipinski definition) is 5. The van der Waals surface area contributed by atoms with E-state index in [9.17, 15) is 32.8 Å². The lowest BCUT2D eigenvalue weighted by atomic mass is 10.0. The molecule has 1 unspecified atom stereocenters. The van der Waals surface area contributed by atoms with Gasteiger partial charge in [0.15, 0.2) is 5.82 Å². The Morgan fingerprint density at radius 1 is 0.803 bits per heavy atom. The standard InChI is InChI=1S/C49H53F2N9O6/c50-32-25-31(26-33(51)28-32)24-30-8-11-39-38(27-30)45(57-56-39)55-46(62)36-10-9-35(29-41(36)53-34-14-22-66-23-15-34)59-20-18-58(19-21-59)17-4-2-1-3-16-52-40-7-5-6-37-44(40)49(65)60(48(37)64)42-12-13-43(61)54-47(42)63/h5-11,25-29,34,42,52-53H,1-4,12-24H2,(H,54,61,63)(H2,55,56,57,62). The molecule has 5 aromatic rings. The van der Waals surface area contributed by atoms with Crippen LogP contribution in [0.3, 0.4) is 0 Å². The van der Waals surface area contributed by atoms with E-state index in [4.69, 9.17) is 4.74 Å². The van der Waals surface area contributed by atoms with Crippen molar-refractivity contribution in [2.75, 3.05) is 73.3 Å². The van der Waals surface area contributed by atoms with Crippen molar-refractivity contribution < 1.29 is 37.5 Å². The first-order chi connectivity index (χ1) is 32.1. The summed E-state index contributed by atoms with van der Waals surface area (Å²) in [5, 5.41) is 20.3. The van der Waals surface area contributed by atoms with Gasteiger partial charge in [-0.05, 0) is 111 Å². The number of amides is 5. The molecule has 4 aliphatic rings. The van der Waals surface area contributed by atoms with E-state index in [0.717, 1.165) is 105 Å². The molecule has 1 aromatic heterocycles. The number of piperazine rings is 1. The summed E-state index contributed by atoms with van der Waals surface area (Å²) < 4.78 is 33.4. The molecule has 1 atom stereocenters. The molecule has 0 saturated carbocycles. The van der Waals surface area contributed by atoms with Crippen molar-refractivity contribution >= 4 is 63.3 Å². The lowest BCUT2D eigenvalue weighted by Crippen LogP contribution is -2.54. The first-order valence-electron chi connectivity index (χ1n) is 22.9. The van der Waals surface area contributed by atoms with Crippen LogP contribution in [0, 0.1) is 11.6 Å². The van der Waals surface area contributed by atoms with Crippen molar-refractivity contribution in [2.24, 2.45) is 0 Å². The summed E-state index contributed by atoms with van der Waals surface area (Å²) >= 11 is 0. The highest BCUT2D eigenvalue weighted by Crippen LogP contribution is 2.33. The number of halogens is 2. The van der Waals surface area contributed by atoms with Crippen molar-refractivity contribution in [1.82, 2.24) is 25.3 Å². The van der Waals surface area contributed by atoms with E-state index in [1.165, 1.54) is 12.1 Å². The molecule has 344 valence electrons. The molecule has 66 heavy (non-hydrogen) atoms. The Hall–Kier alpha value is -6.72. The predicted molar refractivity (Wildman–Crippen MR) is 246 cm³/mol. The number of carbonyl (C=O) groups excluding carboxylic acids is 5. The number of aromatic nitrogens is 2. The van der Waals surface area contributed by atoms with Crippen LogP contribution in [-0.4, -0.2) is 114 Å². The number of imide groups is 2. The minimum Gasteiger partial charge on any atom is -0.384 e. The van der Waals surface area contributed by atoms with Gasteiger partial charge in [-0.15, -0.1) is 0 Å². The zero-order valence-electron chi connectivity index (χ0n) is 36.6. The van der Waals surface area contributed by atoms with E-state index in [1.807, 2.05) is 30.3 Å². The van der Waals surface area contributed by atoms with Crippen LogP contribution in [0.15, 0.2) is 72.8 Å².